The molecule has 104 valence electrons. The highest BCUT2D eigenvalue weighted by molar-refractivity contribution is 5.88. The molecular formula is C12H18N4O3. The lowest BCUT2D eigenvalue weighted by Crippen LogP contribution is -2.32. The fraction of sp³-hybridized carbons (Fsp3) is 0.583. The summed E-state index contributed by atoms with van der Waals surface area (Å²) in [6.45, 7) is 2.56. The van der Waals surface area contributed by atoms with E-state index in [1.807, 2.05) is 0 Å². The summed E-state index contributed by atoms with van der Waals surface area (Å²) >= 11 is 0. The van der Waals surface area contributed by atoms with Crippen molar-refractivity contribution < 1.29 is 14.7 Å². The molecule has 19 heavy (non-hydrogen) atoms. The standard InChI is InChI=1S/C12H18N4O3/c1-8(9-2-3-9)4-13-12(19)15-10-5-14-16(6-10)7-11(17)18/h5-6,8-9H,2-4,7H2,1H3,(H,17,18)(H2,13,15,19). The van der Waals surface area contributed by atoms with Gasteiger partial charge in [-0.3, -0.25) is 9.48 Å². The highest BCUT2D eigenvalue weighted by atomic mass is 16.4. The highest BCUT2D eigenvalue weighted by Gasteiger charge is 2.27. The molecule has 1 saturated carbocycles. The van der Waals surface area contributed by atoms with Crippen molar-refractivity contribution in [2.45, 2.75) is 26.3 Å². The van der Waals surface area contributed by atoms with Crippen molar-refractivity contribution in [2.24, 2.45) is 11.8 Å². The molecule has 0 aromatic carbocycles. The van der Waals surface area contributed by atoms with Crippen LogP contribution in [0.15, 0.2) is 12.4 Å². The number of nitrogens with one attached hydrogen (secondary N) is 2. The summed E-state index contributed by atoms with van der Waals surface area (Å²) in [4.78, 5) is 22.1. The Kier molecular flexibility index (Phi) is 4.03. The molecular weight excluding hydrogens is 248 g/mol. The Labute approximate surface area is 111 Å². The van der Waals surface area contributed by atoms with Crippen LogP contribution >= 0.6 is 0 Å². The second kappa shape index (κ2) is 5.73. The van der Waals surface area contributed by atoms with E-state index >= 15 is 0 Å². The van der Waals surface area contributed by atoms with Gasteiger partial charge in [0.15, 0.2) is 0 Å². The van der Waals surface area contributed by atoms with Gasteiger partial charge in [0.05, 0.1) is 11.9 Å². The second-order valence-electron chi connectivity index (χ2n) is 4.97. The molecule has 1 unspecified atom stereocenters. The van der Waals surface area contributed by atoms with Crippen molar-refractivity contribution >= 4 is 17.7 Å². The summed E-state index contributed by atoms with van der Waals surface area (Å²) in [7, 11) is 0. The van der Waals surface area contributed by atoms with Crippen molar-refractivity contribution in [3.63, 3.8) is 0 Å². The number of amides is 2. The van der Waals surface area contributed by atoms with E-state index in [2.05, 4.69) is 22.7 Å². The zero-order chi connectivity index (χ0) is 13.8. The molecule has 1 aromatic rings. The van der Waals surface area contributed by atoms with Crippen molar-refractivity contribution in [3.05, 3.63) is 12.4 Å². The van der Waals surface area contributed by atoms with Gasteiger partial charge in [-0.15, -0.1) is 0 Å². The number of carbonyl (C=O) groups is 2. The van der Waals surface area contributed by atoms with E-state index in [4.69, 9.17) is 5.11 Å². The predicted octanol–water partition coefficient (Wildman–Crippen LogP) is 1.14. The van der Waals surface area contributed by atoms with Gasteiger partial charge in [0, 0.05) is 12.7 Å². The van der Waals surface area contributed by atoms with Crippen LogP contribution in [0.3, 0.4) is 0 Å². The predicted molar refractivity (Wildman–Crippen MR) is 68.8 cm³/mol. The van der Waals surface area contributed by atoms with E-state index in [1.165, 1.54) is 29.9 Å². The fourth-order valence-electron chi connectivity index (χ4n) is 1.91. The molecule has 7 nitrogen and oxygen atoms in total. The number of urea groups is 1. The van der Waals surface area contributed by atoms with Crippen LogP contribution in [0.2, 0.25) is 0 Å². The summed E-state index contributed by atoms with van der Waals surface area (Å²) in [5.74, 6) is 0.275. The largest absolute Gasteiger partial charge is 0.480 e. The number of carboxylic acids is 1. The zero-order valence-electron chi connectivity index (χ0n) is 10.8. The number of carbonyl (C=O) groups excluding carboxylic acids is 1. The van der Waals surface area contributed by atoms with Crippen molar-refractivity contribution in [1.82, 2.24) is 15.1 Å². The van der Waals surface area contributed by atoms with Crippen LogP contribution in [0.4, 0.5) is 10.5 Å². The summed E-state index contributed by atoms with van der Waals surface area (Å²) in [6, 6.07) is -0.289. The van der Waals surface area contributed by atoms with Gasteiger partial charge in [0.25, 0.3) is 0 Å². The van der Waals surface area contributed by atoms with Crippen molar-refractivity contribution in [2.75, 3.05) is 11.9 Å². The van der Waals surface area contributed by atoms with E-state index in [9.17, 15) is 9.59 Å². The molecule has 0 spiro atoms. The van der Waals surface area contributed by atoms with Gasteiger partial charge in [0.2, 0.25) is 0 Å². The van der Waals surface area contributed by atoms with Crippen LogP contribution in [0.25, 0.3) is 0 Å². The average Bonchev–Trinajstić information content (AvgIpc) is 3.10. The number of rotatable bonds is 6. The van der Waals surface area contributed by atoms with Gasteiger partial charge < -0.3 is 15.7 Å². The third kappa shape index (κ3) is 4.27. The summed E-state index contributed by atoms with van der Waals surface area (Å²) in [6.07, 6.45) is 5.42. The lowest BCUT2D eigenvalue weighted by Gasteiger charge is -2.11. The Balaban J connectivity index is 1.74. The van der Waals surface area contributed by atoms with Crippen LogP contribution < -0.4 is 10.6 Å². The topological polar surface area (TPSA) is 96.3 Å². The van der Waals surface area contributed by atoms with Gasteiger partial charge >= 0.3 is 12.0 Å². The third-order valence-corrected chi connectivity index (χ3v) is 3.20. The molecule has 1 fully saturated rings. The van der Waals surface area contributed by atoms with E-state index < -0.39 is 5.97 Å². The summed E-state index contributed by atoms with van der Waals surface area (Å²) in [5, 5.41) is 17.9. The molecule has 0 aliphatic heterocycles. The molecule has 3 N–H and O–H groups in total. The first kappa shape index (κ1) is 13.4. The Morgan fingerprint density at radius 3 is 2.95 bits per heavy atom. The minimum Gasteiger partial charge on any atom is -0.480 e. The van der Waals surface area contributed by atoms with Gasteiger partial charge in [-0.25, -0.2) is 4.79 Å². The first-order valence-corrected chi connectivity index (χ1v) is 6.33. The minimum atomic E-state index is -0.975. The monoisotopic (exact) mass is 266 g/mol. The molecule has 0 radical (unpaired) electrons. The molecule has 1 heterocycles. The second-order valence-corrected chi connectivity index (χ2v) is 4.97. The molecule has 1 atom stereocenters. The average molecular weight is 266 g/mol. The summed E-state index contributed by atoms with van der Waals surface area (Å²) in [5.41, 5.74) is 0.484. The SMILES string of the molecule is CC(CNC(=O)Nc1cnn(CC(=O)O)c1)C1CC1. The fourth-order valence-corrected chi connectivity index (χ4v) is 1.91. The van der Waals surface area contributed by atoms with Crippen LogP contribution in [0.5, 0.6) is 0 Å². The Morgan fingerprint density at radius 1 is 1.58 bits per heavy atom. The molecule has 0 saturated heterocycles. The molecule has 1 aliphatic rings. The molecule has 1 aliphatic carbocycles. The van der Waals surface area contributed by atoms with Crippen molar-refractivity contribution in [1.29, 1.82) is 0 Å². The molecule has 1 aromatic heterocycles. The maximum Gasteiger partial charge on any atom is 0.325 e. The Bertz CT molecular complexity index is 467. The van der Waals surface area contributed by atoms with E-state index in [0.717, 1.165) is 5.92 Å². The lowest BCUT2D eigenvalue weighted by molar-refractivity contribution is -0.137. The van der Waals surface area contributed by atoms with Crippen LogP contribution in [-0.2, 0) is 11.3 Å². The summed E-state index contributed by atoms with van der Waals surface area (Å²) < 4.78 is 1.25. The highest BCUT2D eigenvalue weighted by Crippen LogP contribution is 2.36. The number of hydrogen-bond donors (Lipinski definition) is 3. The normalized spacial score (nSPS) is 15.8. The minimum absolute atomic E-state index is 0.220. The van der Waals surface area contributed by atoms with E-state index in [0.29, 0.717) is 18.2 Å². The smallest absolute Gasteiger partial charge is 0.325 e. The van der Waals surface area contributed by atoms with E-state index in [-0.39, 0.29) is 12.6 Å². The molecule has 7 heteroatoms. The van der Waals surface area contributed by atoms with Gasteiger partial charge in [0.1, 0.15) is 6.54 Å². The molecule has 2 rings (SSSR count). The maximum absolute atomic E-state index is 11.6. The number of aromatic nitrogens is 2. The Hall–Kier alpha value is -2.05. The van der Waals surface area contributed by atoms with Crippen LogP contribution in [0, 0.1) is 11.8 Å². The third-order valence-electron chi connectivity index (χ3n) is 3.20. The maximum atomic E-state index is 11.6. The number of aliphatic carboxylic acids is 1. The first-order valence-electron chi connectivity index (χ1n) is 6.33. The van der Waals surface area contributed by atoms with Crippen LogP contribution in [-0.4, -0.2) is 33.4 Å². The number of anilines is 1. The number of carboxylic acid groups (broad SMARTS) is 1. The van der Waals surface area contributed by atoms with Gasteiger partial charge in [-0.1, -0.05) is 6.92 Å². The quantitative estimate of drug-likeness (QED) is 0.719. The van der Waals surface area contributed by atoms with Crippen molar-refractivity contribution in [3.8, 4) is 0 Å². The number of hydrogen-bond acceptors (Lipinski definition) is 3. The Morgan fingerprint density at radius 2 is 2.32 bits per heavy atom. The van der Waals surface area contributed by atoms with E-state index in [1.54, 1.807) is 0 Å². The lowest BCUT2D eigenvalue weighted by atomic mass is 10.1. The zero-order valence-corrected chi connectivity index (χ0v) is 10.8. The first-order chi connectivity index (χ1) is 9.04. The molecule has 0 bridgehead atoms. The molecule has 2 amide bonds. The van der Waals surface area contributed by atoms with Gasteiger partial charge in [-0.2, -0.15) is 5.10 Å². The van der Waals surface area contributed by atoms with Gasteiger partial charge in [-0.05, 0) is 24.7 Å². The van der Waals surface area contributed by atoms with Crippen LogP contribution in [0.1, 0.15) is 19.8 Å². The number of nitrogens with zero attached hydrogens (tertiary/aromatic N) is 2.